The van der Waals surface area contributed by atoms with Crippen molar-refractivity contribution in [1.82, 2.24) is 10.2 Å². The van der Waals surface area contributed by atoms with Crippen LogP contribution in [0.5, 0.6) is 0 Å². The minimum atomic E-state index is -4.03. The summed E-state index contributed by atoms with van der Waals surface area (Å²) in [5, 5.41) is 3.54. The highest BCUT2D eigenvalue weighted by Crippen LogP contribution is 2.45. The molecule has 1 saturated heterocycles. The molecular formula is C14H25F3N2. The van der Waals surface area contributed by atoms with Crippen molar-refractivity contribution in [2.45, 2.75) is 63.7 Å². The van der Waals surface area contributed by atoms with Gasteiger partial charge in [-0.05, 0) is 52.5 Å². The van der Waals surface area contributed by atoms with Gasteiger partial charge in [0, 0.05) is 30.6 Å². The molecule has 2 aliphatic rings. The molecule has 5 heteroatoms. The van der Waals surface area contributed by atoms with Crippen molar-refractivity contribution in [1.29, 1.82) is 0 Å². The summed E-state index contributed by atoms with van der Waals surface area (Å²) in [7, 11) is 0. The van der Waals surface area contributed by atoms with E-state index in [1.165, 1.54) is 12.8 Å². The predicted octanol–water partition coefficient (Wildman–Crippen LogP) is 3.18. The van der Waals surface area contributed by atoms with Gasteiger partial charge in [-0.2, -0.15) is 13.2 Å². The van der Waals surface area contributed by atoms with E-state index < -0.39 is 12.6 Å². The number of nitrogens with zero attached hydrogens (tertiary/aromatic N) is 1. The molecule has 1 unspecified atom stereocenters. The molecule has 0 aromatic rings. The fourth-order valence-electron chi connectivity index (χ4n) is 3.16. The summed E-state index contributed by atoms with van der Waals surface area (Å²) in [6.45, 7) is 8.72. The number of hydrogen-bond acceptors (Lipinski definition) is 2. The maximum absolute atomic E-state index is 12.3. The lowest BCUT2D eigenvalue weighted by atomic mass is 9.86. The molecule has 112 valence electrons. The van der Waals surface area contributed by atoms with Gasteiger partial charge in [0.1, 0.15) is 0 Å². The Kier molecular flexibility index (Phi) is 3.91. The summed E-state index contributed by atoms with van der Waals surface area (Å²) in [5.74, 6) is 0.655. The summed E-state index contributed by atoms with van der Waals surface area (Å²) in [5.41, 5.74) is 0.0355. The van der Waals surface area contributed by atoms with E-state index in [1.54, 1.807) is 0 Å². The Morgan fingerprint density at radius 2 is 1.84 bits per heavy atom. The number of nitrogens with one attached hydrogen (secondary N) is 1. The number of halogens is 3. The number of alkyl halides is 3. The third-order valence-corrected chi connectivity index (χ3v) is 4.58. The first-order valence-corrected chi connectivity index (χ1v) is 7.19. The molecule has 2 fully saturated rings. The zero-order valence-electron chi connectivity index (χ0n) is 12.1. The Morgan fingerprint density at radius 3 is 2.37 bits per heavy atom. The van der Waals surface area contributed by atoms with Gasteiger partial charge in [-0.1, -0.05) is 0 Å². The van der Waals surface area contributed by atoms with Gasteiger partial charge in [0.05, 0.1) is 0 Å². The number of piperazine rings is 1. The van der Waals surface area contributed by atoms with E-state index in [-0.39, 0.29) is 17.5 Å². The van der Waals surface area contributed by atoms with Crippen molar-refractivity contribution in [3.63, 3.8) is 0 Å². The second kappa shape index (κ2) is 4.92. The molecule has 0 amide bonds. The average molecular weight is 278 g/mol. The van der Waals surface area contributed by atoms with Crippen molar-refractivity contribution in [3.8, 4) is 0 Å². The van der Waals surface area contributed by atoms with Gasteiger partial charge >= 0.3 is 6.18 Å². The molecule has 0 aromatic carbocycles. The first-order valence-electron chi connectivity index (χ1n) is 7.19. The van der Waals surface area contributed by atoms with Crippen LogP contribution in [0.4, 0.5) is 13.2 Å². The second-order valence-corrected chi connectivity index (χ2v) is 7.01. The van der Waals surface area contributed by atoms with Crippen molar-refractivity contribution in [2.75, 3.05) is 19.6 Å². The van der Waals surface area contributed by atoms with Gasteiger partial charge in [-0.3, -0.25) is 4.90 Å². The molecular weight excluding hydrogens is 253 g/mol. The molecule has 1 aliphatic heterocycles. The van der Waals surface area contributed by atoms with E-state index in [0.29, 0.717) is 12.5 Å². The van der Waals surface area contributed by atoms with Crippen molar-refractivity contribution >= 4 is 0 Å². The van der Waals surface area contributed by atoms with Gasteiger partial charge in [0.2, 0.25) is 0 Å². The molecule has 1 heterocycles. The van der Waals surface area contributed by atoms with Crippen LogP contribution in [0.2, 0.25) is 0 Å². The van der Waals surface area contributed by atoms with Crippen LogP contribution in [0.25, 0.3) is 0 Å². The standard InChI is InChI=1S/C14H25F3N2/c1-12(2)10-19(8-4-7-14(15,16)17)13(3,9-18-12)11-5-6-11/h11,18H,4-10H2,1-3H3. The summed E-state index contributed by atoms with van der Waals surface area (Å²) in [6.07, 6.45) is -2.05. The zero-order valence-corrected chi connectivity index (χ0v) is 12.1. The Morgan fingerprint density at radius 1 is 1.21 bits per heavy atom. The molecule has 1 N–H and O–H groups in total. The Labute approximate surface area is 113 Å². The van der Waals surface area contributed by atoms with E-state index in [1.807, 2.05) is 0 Å². The SMILES string of the molecule is CC1(C)CN(CCCC(F)(F)F)C(C)(C2CC2)CN1. The van der Waals surface area contributed by atoms with Gasteiger partial charge in [0.25, 0.3) is 0 Å². The predicted molar refractivity (Wildman–Crippen MR) is 70.1 cm³/mol. The number of hydrogen-bond donors (Lipinski definition) is 1. The lowest BCUT2D eigenvalue weighted by molar-refractivity contribution is -0.137. The van der Waals surface area contributed by atoms with Crippen molar-refractivity contribution in [3.05, 3.63) is 0 Å². The molecule has 0 spiro atoms. The fraction of sp³-hybridized carbons (Fsp3) is 1.00. The molecule has 1 atom stereocenters. The van der Waals surface area contributed by atoms with E-state index in [4.69, 9.17) is 0 Å². The maximum atomic E-state index is 12.3. The molecule has 2 nitrogen and oxygen atoms in total. The highest BCUT2D eigenvalue weighted by atomic mass is 19.4. The van der Waals surface area contributed by atoms with E-state index in [2.05, 4.69) is 31.0 Å². The lowest BCUT2D eigenvalue weighted by Gasteiger charge is -2.52. The highest BCUT2D eigenvalue weighted by molar-refractivity contribution is 5.06. The topological polar surface area (TPSA) is 15.3 Å². The van der Waals surface area contributed by atoms with E-state index in [9.17, 15) is 13.2 Å². The Hall–Kier alpha value is -0.290. The van der Waals surface area contributed by atoms with Gasteiger partial charge in [-0.15, -0.1) is 0 Å². The van der Waals surface area contributed by atoms with Crippen LogP contribution >= 0.6 is 0 Å². The Bertz CT molecular complexity index is 323. The van der Waals surface area contributed by atoms with Crippen LogP contribution in [0.15, 0.2) is 0 Å². The Balaban J connectivity index is 1.96. The number of rotatable bonds is 4. The van der Waals surface area contributed by atoms with Crippen molar-refractivity contribution < 1.29 is 13.2 Å². The van der Waals surface area contributed by atoms with Crippen LogP contribution in [-0.4, -0.2) is 41.8 Å². The van der Waals surface area contributed by atoms with Crippen molar-refractivity contribution in [2.24, 2.45) is 5.92 Å². The van der Waals surface area contributed by atoms with Gasteiger partial charge < -0.3 is 5.32 Å². The molecule has 0 bridgehead atoms. The second-order valence-electron chi connectivity index (χ2n) is 7.01. The third kappa shape index (κ3) is 3.85. The average Bonchev–Trinajstić information content (AvgIpc) is 3.05. The molecule has 19 heavy (non-hydrogen) atoms. The summed E-state index contributed by atoms with van der Waals surface area (Å²) in [6, 6.07) is 0. The molecule has 0 aromatic heterocycles. The first-order chi connectivity index (χ1) is 8.62. The summed E-state index contributed by atoms with van der Waals surface area (Å²) >= 11 is 0. The summed E-state index contributed by atoms with van der Waals surface area (Å²) < 4.78 is 36.9. The highest BCUT2D eigenvalue weighted by Gasteiger charge is 2.49. The smallest absolute Gasteiger partial charge is 0.309 e. The van der Waals surface area contributed by atoms with Crippen LogP contribution < -0.4 is 5.32 Å². The zero-order chi connectivity index (χ0) is 14.3. The normalized spacial score (nSPS) is 32.5. The van der Waals surface area contributed by atoms with Gasteiger partial charge in [0.15, 0.2) is 0 Å². The minimum Gasteiger partial charge on any atom is -0.309 e. The third-order valence-electron chi connectivity index (χ3n) is 4.58. The minimum absolute atomic E-state index is 0.00731. The largest absolute Gasteiger partial charge is 0.389 e. The lowest BCUT2D eigenvalue weighted by Crippen LogP contribution is -2.68. The molecule has 2 rings (SSSR count). The first kappa shape index (κ1) is 15.1. The van der Waals surface area contributed by atoms with E-state index in [0.717, 1.165) is 13.1 Å². The quantitative estimate of drug-likeness (QED) is 0.849. The van der Waals surface area contributed by atoms with Crippen LogP contribution in [0.1, 0.15) is 46.5 Å². The van der Waals surface area contributed by atoms with Crippen LogP contribution in [0.3, 0.4) is 0 Å². The van der Waals surface area contributed by atoms with E-state index >= 15 is 0 Å². The molecule has 1 saturated carbocycles. The molecule has 1 aliphatic carbocycles. The summed E-state index contributed by atoms with van der Waals surface area (Å²) in [4.78, 5) is 2.30. The monoisotopic (exact) mass is 278 g/mol. The van der Waals surface area contributed by atoms with Crippen LogP contribution in [-0.2, 0) is 0 Å². The fourth-order valence-corrected chi connectivity index (χ4v) is 3.16. The van der Waals surface area contributed by atoms with Gasteiger partial charge in [-0.25, -0.2) is 0 Å². The van der Waals surface area contributed by atoms with Crippen LogP contribution in [0, 0.1) is 5.92 Å². The maximum Gasteiger partial charge on any atom is 0.389 e. The molecule has 0 radical (unpaired) electrons.